The number of amides is 1. The van der Waals surface area contributed by atoms with Crippen molar-refractivity contribution in [3.05, 3.63) is 35.9 Å². The normalized spacial score (nSPS) is 22.1. The minimum Gasteiger partial charge on any atom is -0.444 e. The molecule has 1 aliphatic heterocycles. The van der Waals surface area contributed by atoms with Crippen molar-refractivity contribution < 1.29 is 9.53 Å². The summed E-state index contributed by atoms with van der Waals surface area (Å²) in [5, 5.41) is 0. The lowest BCUT2D eigenvalue weighted by molar-refractivity contribution is 0.112. The van der Waals surface area contributed by atoms with Crippen LogP contribution in [0, 0.1) is 0 Å². The van der Waals surface area contributed by atoms with Gasteiger partial charge >= 0.3 is 6.09 Å². The number of carbonyl (C=O) groups excluding carboxylic acids is 1. The van der Waals surface area contributed by atoms with Gasteiger partial charge in [0.25, 0.3) is 0 Å². The lowest BCUT2D eigenvalue weighted by Gasteiger charge is -2.32. The van der Waals surface area contributed by atoms with Crippen molar-refractivity contribution in [1.29, 1.82) is 0 Å². The number of carbonyl (C=O) groups is 1. The number of hydrogen-bond acceptors (Lipinski definition) is 2. The van der Waals surface area contributed by atoms with E-state index in [1.165, 1.54) is 0 Å². The zero-order valence-corrected chi connectivity index (χ0v) is 11.5. The molecule has 1 heterocycles. The highest BCUT2D eigenvalue weighted by Gasteiger charge is 2.47. The molecule has 0 bridgehead atoms. The lowest BCUT2D eigenvalue weighted by Crippen LogP contribution is -2.45. The Morgan fingerprint density at radius 1 is 1.33 bits per heavy atom. The molecule has 2 rings (SSSR count). The molecule has 0 N–H and O–H groups in total. The Hall–Kier alpha value is -1.22. The molecule has 1 aromatic carbocycles. The SMILES string of the molecule is CC1(C)C(CCCl)OC(=O)N1Cc1ccccc1. The standard InChI is InChI=1S/C14H18ClNO2/c1-14(2)12(8-9-15)18-13(17)16(14)10-11-6-4-3-5-7-11/h3-7,12H,8-10H2,1-2H3. The highest BCUT2D eigenvalue weighted by molar-refractivity contribution is 6.17. The number of benzene rings is 1. The van der Waals surface area contributed by atoms with Crippen LogP contribution in [0.25, 0.3) is 0 Å². The summed E-state index contributed by atoms with van der Waals surface area (Å²) in [5.74, 6) is 0.501. The Kier molecular flexibility index (Phi) is 3.81. The predicted molar refractivity (Wildman–Crippen MR) is 71.7 cm³/mol. The van der Waals surface area contributed by atoms with E-state index in [9.17, 15) is 4.79 Å². The molecule has 0 spiro atoms. The summed E-state index contributed by atoms with van der Waals surface area (Å²) in [4.78, 5) is 13.7. The van der Waals surface area contributed by atoms with Crippen LogP contribution in [0.4, 0.5) is 4.79 Å². The smallest absolute Gasteiger partial charge is 0.411 e. The monoisotopic (exact) mass is 267 g/mol. The average molecular weight is 268 g/mol. The van der Waals surface area contributed by atoms with Crippen molar-refractivity contribution in [2.75, 3.05) is 5.88 Å². The molecule has 1 amide bonds. The minimum atomic E-state index is -0.318. The summed E-state index contributed by atoms with van der Waals surface area (Å²) < 4.78 is 5.40. The van der Waals surface area contributed by atoms with Crippen LogP contribution in [0.1, 0.15) is 25.8 Å². The molecule has 1 unspecified atom stereocenters. The van der Waals surface area contributed by atoms with Crippen LogP contribution in [-0.2, 0) is 11.3 Å². The number of ether oxygens (including phenoxy) is 1. The van der Waals surface area contributed by atoms with Crippen LogP contribution in [-0.4, -0.2) is 28.5 Å². The molecule has 0 saturated carbocycles. The second-order valence-corrected chi connectivity index (χ2v) is 5.45. The van der Waals surface area contributed by atoms with E-state index in [1.807, 2.05) is 44.2 Å². The first-order valence-electron chi connectivity index (χ1n) is 6.14. The predicted octanol–water partition coefficient (Wildman–Crippen LogP) is 3.41. The second kappa shape index (κ2) is 5.19. The Morgan fingerprint density at radius 2 is 2.00 bits per heavy atom. The third kappa shape index (κ3) is 2.46. The maximum atomic E-state index is 11.9. The molecule has 1 aliphatic rings. The first kappa shape index (κ1) is 13.2. The van der Waals surface area contributed by atoms with E-state index in [-0.39, 0.29) is 17.7 Å². The summed E-state index contributed by atoms with van der Waals surface area (Å²) in [6, 6.07) is 9.93. The zero-order valence-electron chi connectivity index (χ0n) is 10.7. The summed E-state index contributed by atoms with van der Waals surface area (Å²) >= 11 is 5.75. The largest absolute Gasteiger partial charge is 0.444 e. The number of cyclic esters (lactones) is 1. The van der Waals surface area contributed by atoms with Gasteiger partial charge in [-0.2, -0.15) is 0 Å². The summed E-state index contributed by atoms with van der Waals surface area (Å²) in [7, 11) is 0. The fraction of sp³-hybridized carbons (Fsp3) is 0.500. The van der Waals surface area contributed by atoms with E-state index in [1.54, 1.807) is 4.90 Å². The zero-order chi connectivity index (χ0) is 13.2. The van der Waals surface area contributed by atoms with Gasteiger partial charge in [-0.1, -0.05) is 30.3 Å². The fourth-order valence-electron chi connectivity index (χ4n) is 2.28. The summed E-state index contributed by atoms with van der Waals surface area (Å²) in [6.07, 6.45) is 0.302. The number of rotatable bonds is 4. The molecule has 3 nitrogen and oxygen atoms in total. The lowest BCUT2D eigenvalue weighted by atomic mass is 9.94. The van der Waals surface area contributed by atoms with Crippen LogP contribution in [0.2, 0.25) is 0 Å². The Balaban J connectivity index is 2.15. The van der Waals surface area contributed by atoms with Gasteiger partial charge in [0.1, 0.15) is 6.10 Å². The van der Waals surface area contributed by atoms with Crippen molar-refractivity contribution in [1.82, 2.24) is 4.90 Å². The number of halogens is 1. The second-order valence-electron chi connectivity index (χ2n) is 5.08. The van der Waals surface area contributed by atoms with Crippen LogP contribution in [0.3, 0.4) is 0 Å². The van der Waals surface area contributed by atoms with Crippen molar-refractivity contribution in [2.24, 2.45) is 0 Å². The van der Waals surface area contributed by atoms with E-state index in [0.717, 1.165) is 5.56 Å². The molecular weight excluding hydrogens is 250 g/mol. The van der Waals surface area contributed by atoms with Crippen LogP contribution < -0.4 is 0 Å². The van der Waals surface area contributed by atoms with E-state index in [4.69, 9.17) is 16.3 Å². The highest BCUT2D eigenvalue weighted by Crippen LogP contribution is 2.33. The molecule has 0 aromatic heterocycles. The minimum absolute atomic E-state index is 0.133. The van der Waals surface area contributed by atoms with Gasteiger partial charge in [0.15, 0.2) is 0 Å². The molecule has 1 saturated heterocycles. The first-order chi connectivity index (χ1) is 8.55. The maximum Gasteiger partial charge on any atom is 0.411 e. The molecular formula is C14H18ClNO2. The average Bonchev–Trinajstić information content (AvgIpc) is 2.55. The third-order valence-electron chi connectivity index (χ3n) is 3.50. The van der Waals surface area contributed by atoms with Crippen molar-refractivity contribution in [2.45, 2.75) is 38.5 Å². The molecule has 1 fully saturated rings. The van der Waals surface area contributed by atoms with E-state index < -0.39 is 0 Å². The van der Waals surface area contributed by atoms with Crippen LogP contribution in [0.15, 0.2) is 30.3 Å². The van der Waals surface area contributed by atoms with E-state index in [0.29, 0.717) is 18.8 Å². The molecule has 18 heavy (non-hydrogen) atoms. The summed E-state index contributed by atoms with van der Waals surface area (Å²) in [6.45, 7) is 4.63. The van der Waals surface area contributed by atoms with Crippen molar-refractivity contribution >= 4 is 17.7 Å². The fourth-order valence-corrected chi connectivity index (χ4v) is 2.48. The van der Waals surface area contributed by atoms with Gasteiger partial charge in [-0.3, -0.25) is 4.90 Å². The molecule has 1 aromatic rings. The maximum absolute atomic E-state index is 11.9. The van der Waals surface area contributed by atoms with Crippen LogP contribution in [0.5, 0.6) is 0 Å². The van der Waals surface area contributed by atoms with Gasteiger partial charge in [0, 0.05) is 18.8 Å². The topological polar surface area (TPSA) is 29.5 Å². The number of hydrogen-bond donors (Lipinski definition) is 0. The van der Waals surface area contributed by atoms with Gasteiger partial charge in [-0.05, 0) is 19.4 Å². The van der Waals surface area contributed by atoms with Gasteiger partial charge in [-0.25, -0.2) is 4.79 Å². The quantitative estimate of drug-likeness (QED) is 0.783. The summed E-state index contributed by atoms with van der Waals surface area (Å²) in [5.41, 5.74) is 0.788. The van der Waals surface area contributed by atoms with Crippen LogP contribution >= 0.6 is 11.6 Å². The van der Waals surface area contributed by atoms with Crippen molar-refractivity contribution in [3.63, 3.8) is 0 Å². The number of alkyl halides is 1. The first-order valence-corrected chi connectivity index (χ1v) is 6.67. The molecule has 0 radical (unpaired) electrons. The molecule has 1 atom stereocenters. The van der Waals surface area contributed by atoms with Gasteiger partial charge in [0.2, 0.25) is 0 Å². The van der Waals surface area contributed by atoms with Gasteiger partial charge in [0.05, 0.1) is 5.54 Å². The van der Waals surface area contributed by atoms with Gasteiger partial charge < -0.3 is 4.74 Å². The highest BCUT2D eigenvalue weighted by atomic mass is 35.5. The third-order valence-corrected chi connectivity index (χ3v) is 3.72. The molecule has 98 valence electrons. The van der Waals surface area contributed by atoms with Gasteiger partial charge in [-0.15, -0.1) is 11.6 Å². The number of nitrogens with zero attached hydrogens (tertiary/aromatic N) is 1. The van der Waals surface area contributed by atoms with E-state index in [2.05, 4.69) is 0 Å². The molecule has 0 aliphatic carbocycles. The van der Waals surface area contributed by atoms with Crippen molar-refractivity contribution in [3.8, 4) is 0 Å². The Bertz CT molecular complexity index is 419. The molecule has 4 heteroatoms. The van der Waals surface area contributed by atoms with E-state index >= 15 is 0 Å². The Labute approximate surface area is 113 Å². The Morgan fingerprint density at radius 3 is 2.61 bits per heavy atom.